The van der Waals surface area contributed by atoms with Crippen LogP contribution in [0.15, 0.2) is 60.9 Å². The standard InChI is InChI=1S/C25H28N6O3/c26-23(33)22(32)21(16-18-8-3-1-4-9-18)28-25(34)20-10-7-12-27-24(20)31-15-11-19(29-31)17-30-13-5-2-6-14-30/h1,3-4,7-12,15,21H,2,5-6,13-14,16-17H2,(H2,26,33)(H,28,34). The second-order valence-electron chi connectivity index (χ2n) is 8.41. The van der Waals surface area contributed by atoms with Gasteiger partial charge in [-0.15, -0.1) is 0 Å². The first-order chi connectivity index (χ1) is 16.5. The Hall–Kier alpha value is -3.85. The van der Waals surface area contributed by atoms with E-state index in [1.807, 2.05) is 36.4 Å². The van der Waals surface area contributed by atoms with Crippen LogP contribution in [0.2, 0.25) is 0 Å². The molecule has 1 aliphatic rings. The van der Waals surface area contributed by atoms with Crippen LogP contribution in [-0.2, 0) is 22.6 Å². The number of nitrogens with one attached hydrogen (secondary N) is 1. The van der Waals surface area contributed by atoms with Crippen molar-refractivity contribution in [3.8, 4) is 5.82 Å². The summed E-state index contributed by atoms with van der Waals surface area (Å²) in [6.07, 6.45) is 7.15. The minimum absolute atomic E-state index is 0.145. The number of amides is 2. The summed E-state index contributed by atoms with van der Waals surface area (Å²) in [5.41, 5.74) is 7.16. The third-order valence-corrected chi connectivity index (χ3v) is 5.87. The average Bonchev–Trinajstić information content (AvgIpc) is 3.32. The number of nitrogens with zero attached hydrogens (tertiary/aromatic N) is 4. The highest BCUT2D eigenvalue weighted by atomic mass is 16.2. The molecule has 1 atom stereocenters. The van der Waals surface area contributed by atoms with E-state index in [4.69, 9.17) is 5.73 Å². The smallest absolute Gasteiger partial charge is 0.287 e. The Bertz CT molecular complexity index is 1150. The van der Waals surface area contributed by atoms with Crippen LogP contribution < -0.4 is 11.1 Å². The van der Waals surface area contributed by atoms with Crippen LogP contribution >= 0.6 is 0 Å². The minimum atomic E-state index is -1.10. The maximum atomic E-state index is 13.2. The summed E-state index contributed by atoms with van der Waals surface area (Å²) >= 11 is 0. The number of likely N-dealkylation sites (tertiary alicyclic amines) is 1. The van der Waals surface area contributed by atoms with Crippen molar-refractivity contribution in [2.75, 3.05) is 13.1 Å². The van der Waals surface area contributed by atoms with Crippen molar-refractivity contribution in [3.05, 3.63) is 77.7 Å². The first-order valence-corrected chi connectivity index (χ1v) is 11.4. The molecule has 9 heteroatoms. The lowest BCUT2D eigenvalue weighted by molar-refractivity contribution is -0.137. The van der Waals surface area contributed by atoms with Crippen LogP contribution in [0, 0.1) is 0 Å². The van der Waals surface area contributed by atoms with Gasteiger partial charge in [-0.25, -0.2) is 9.67 Å². The van der Waals surface area contributed by atoms with E-state index in [-0.39, 0.29) is 12.0 Å². The monoisotopic (exact) mass is 460 g/mol. The molecule has 1 aromatic carbocycles. The van der Waals surface area contributed by atoms with Crippen LogP contribution in [0.4, 0.5) is 0 Å². The van der Waals surface area contributed by atoms with Crippen LogP contribution in [0.25, 0.3) is 5.82 Å². The molecule has 0 bridgehead atoms. The molecule has 3 heterocycles. The zero-order chi connectivity index (χ0) is 23.9. The molecule has 3 aromatic rings. The Labute approximate surface area is 198 Å². The molecule has 2 aromatic heterocycles. The Kier molecular flexibility index (Phi) is 7.44. The molecule has 0 spiro atoms. The number of ketones is 1. The van der Waals surface area contributed by atoms with Gasteiger partial charge < -0.3 is 11.1 Å². The van der Waals surface area contributed by atoms with E-state index in [0.717, 1.165) is 30.9 Å². The number of aromatic nitrogens is 3. The minimum Gasteiger partial charge on any atom is -0.363 e. The maximum Gasteiger partial charge on any atom is 0.287 e. The molecule has 0 radical (unpaired) electrons. The second kappa shape index (κ2) is 10.8. The fraction of sp³-hybridized carbons (Fsp3) is 0.320. The van der Waals surface area contributed by atoms with Gasteiger partial charge in [0.2, 0.25) is 5.78 Å². The van der Waals surface area contributed by atoms with E-state index >= 15 is 0 Å². The molecule has 1 fully saturated rings. The van der Waals surface area contributed by atoms with Gasteiger partial charge in [-0.2, -0.15) is 5.10 Å². The number of hydrogen-bond acceptors (Lipinski definition) is 6. The van der Waals surface area contributed by atoms with E-state index in [0.29, 0.717) is 5.82 Å². The van der Waals surface area contributed by atoms with Gasteiger partial charge in [0, 0.05) is 25.4 Å². The van der Waals surface area contributed by atoms with E-state index in [1.165, 1.54) is 19.3 Å². The number of nitrogens with two attached hydrogens (primary N) is 1. The zero-order valence-electron chi connectivity index (χ0n) is 18.9. The van der Waals surface area contributed by atoms with Crippen LogP contribution in [0.5, 0.6) is 0 Å². The summed E-state index contributed by atoms with van der Waals surface area (Å²) in [4.78, 5) is 43.9. The zero-order valence-corrected chi connectivity index (χ0v) is 18.9. The lowest BCUT2D eigenvalue weighted by Gasteiger charge is -2.25. The first kappa shape index (κ1) is 23.3. The van der Waals surface area contributed by atoms with Crippen LogP contribution in [0.1, 0.15) is 40.9 Å². The number of piperidine rings is 1. The van der Waals surface area contributed by atoms with Crippen molar-refractivity contribution in [1.82, 2.24) is 25.0 Å². The quantitative estimate of drug-likeness (QED) is 0.468. The van der Waals surface area contributed by atoms with E-state index < -0.39 is 23.6 Å². The summed E-state index contributed by atoms with van der Waals surface area (Å²) in [6.45, 7) is 2.86. The van der Waals surface area contributed by atoms with Gasteiger partial charge >= 0.3 is 0 Å². The molecule has 3 N–H and O–H groups in total. The molecule has 1 unspecified atom stereocenters. The fourth-order valence-electron chi connectivity index (χ4n) is 4.13. The number of carbonyl (C=O) groups is 3. The van der Waals surface area contributed by atoms with E-state index in [1.54, 1.807) is 29.2 Å². The Balaban J connectivity index is 1.53. The molecule has 9 nitrogen and oxygen atoms in total. The van der Waals surface area contributed by atoms with Crippen molar-refractivity contribution in [1.29, 1.82) is 0 Å². The lowest BCUT2D eigenvalue weighted by Crippen LogP contribution is -2.47. The molecule has 4 rings (SSSR count). The van der Waals surface area contributed by atoms with E-state index in [9.17, 15) is 14.4 Å². The van der Waals surface area contributed by atoms with Gasteiger partial charge in [0.15, 0.2) is 5.82 Å². The number of rotatable bonds is 9. The largest absolute Gasteiger partial charge is 0.363 e. The molecule has 2 amide bonds. The number of Topliss-reactive ketones (excluding diaryl/α,β-unsaturated/α-hetero) is 1. The molecule has 1 aliphatic heterocycles. The Morgan fingerprint density at radius 1 is 1.00 bits per heavy atom. The van der Waals surface area contributed by atoms with Crippen molar-refractivity contribution >= 4 is 17.6 Å². The van der Waals surface area contributed by atoms with Gasteiger partial charge in [0.1, 0.15) is 6.04 Å². The van der Waals surface area contributed by atoms with Gasteiger partial charge in [-0.3, -0.25) is 19.3 Å². The van der Waals surface area contributed by atoms with Gasteiger partial charge in [0.05, 0.1) is 11.3 Å². The average molecular weight is 461 g/mol. The first-order valence-electron chi connectivity index (χ1n) is 11.4. The lowest BCUT2D eigenvalue weighted by atomic mass is 10.0. The summed E-state index contributed by atoms with van der Waals surface area (Å²) in [5, 5.41) is 7.29. The van der Waals surface area contributed by atoms with Crippen molar-refractivity contribution < 1.29 is 14.4 Å². The van der Waals surface area contributed by atoms with Crippen molar-refractivity contribution in [2.45, 2.75) is 38.3 Å². The number of pyridine rings is 1. The Morgan fingerprint density at radius 2 is 1.76 bits per heavy atom. The number of carbonyl (C=O) groups excluding carboxylic acids is 3. The summed E-state index contributed by atoms with van der Waals surface area (Å²) in [6, 6.07) is 13.2. The highest BCUT2D eigenvalue weighted by molar-refractivity contribution is 6.38. The highest BCUT2D eigenvalue weighted by Crippen LogP contribution is 2.15. The summed E-state index contributed by atoms with van der Waals surface area (Å²) in [7, 11) is 0. The molecular weight excluding hydrogens is 432 g/mol. The Morgan fingerprint density at radius 3 is 2.50 bits per heavy atom. The SMILES string of the molecule is NC(=O)C(=O)C(Cc1ccccc1)NC(=O)c1cccnc1-n1ccc(CN2CCCCC2)n1. The molecular formula is C25H28N6O3. The predicted molar refractivity (Wildman–Crippen MR) is 126 cm³/mol. The number of hydrogen-bond donors (Lipinski definition) is 2. The number of benzene rings is 1. The second-order valence-corrected chi connectivity index (χ2v) is 8.41. The van der Waals surface area contributed by atoms with E-state index in [2.05, 4.69) is 20.3 Å². The predicted octanol–water partition coefficient (Wildman–Crippen LogP) is 1.65. The molecule has 176 valence electrons. The normalized spacial score (nSPS) is 14.9. The fourth-order valence-corrected chi connectivity index (χ4v) is 4.13. The third kappa shape index (κ3) is 5.74. The molecule has 0 aliphatic carbocycles. The van der Waals surface area contributed by atoms with Crippen molar-refractivity contribution in [3.63, 3.8) is 0 Å². The molecule has 1 saturated heterocycles. The summed E-state index contributed by atoms with van der Waals surface area (Å²) in [5.74, 6) is -2.14. The van der Waals surface area contributed by atoms with Gasteiger partial charge in [0.25, 0.3) is 11.8 Å². The highest BCUT2D eigenvalue weighted by Gasteiger charge is 2.27. The van der Waals surface area contributed by atoms with Crippen LogP contribution in [0.3, 0.4) is 0 Å². The van der Waals surface area contributed by atoms with Crippen molar-refractivity contribution in [2.24, 2.45) is 5.73 Å². The molecule has 0 saturated carbocycles. The van der Waals surface area contributed by atoms with Gasteiger partial charge in [-0.05, 0) is 49.7 Å². The topological polar surface area (TPSA) is 123 Å². The third-order valence-electron chi connectivity index (χ3n) is 5.87. The maximum absolute atomic E-state index is 13.2. The van der Waals surface area contributed by atoms with Gasteiger partial charge in [-0.1, -0.05) is 36.8 Å². The summed E-state index contributed by atoms with van der Waals surface area (Å²) < 4.78 is 1.57. The number of primary amides is 1. The molecule has 34 heavy (non-hydrogen) atoms. The van der Waals surface area contributed by atoms with Crippen LogP contribution in [-0.4, -0.2) is 56.4 Å².